The number of sulfonamides is 1. The second-order valence-electron chi connectivity index (χ2n) is 5.33. The second-order valence-corrected chi connectivity index (χ2v) is 7.01. The molecule has 24 heavy (non-hydrogen) atoms. The molecule has 1 amide bonds. The zero-order chi connectivity index (χ0) is 17.6. The zero-order valence-electron chi connectivity index (χ0n) is 13.3. The van der Waals surface area contributed by atoms with Crippen molar-refractivity contribution in [3.8, 4) is 0 Å². The lowest BCUT2D eigenvalue weighted by atomic mass is 10.2. The van der Waals surface area contributed by atoms with Crippen molar-refractivity contribution in [1.29, 1.82) is 0 Å². The first-order chi connectivity index (χ1) is 11.4. The molecule has 0 aliphatic carbocycles. The van der Waals surface area contributed by atoms with Gasteiger partial charge >= 0.3 is 0 Å². The number of aliphatic hydroxyl groups is 1. The number of carbonyl (C=O) groups excluding carboxylic acids is 1. The van der Waals surface area contributed by atoms with Gasteiger partial charge in [0.15, 0.2) is 0 Å². The Balaban J connectivity index is 2.17. The topological polar surface area (TPSA) is 95.5 Å². The third-order valence-electron chi connectivity index (χ3n) is 3.33. The van der Waals surface area contributed by atoms with Crippen LogP contribution in [0.2, 0.25) is 0 Å². The van der Waals surface area contributed by atoms with E-state index >= 15 is 0 Å². The Kier molecular flexibility index (Phi) is 5.94. The highest BCUT2D eigenvalue weighted by atomic mass is 32.2. The van der Waals surface area contributed by atoms with Crippen molar-refractivity contribution in [3.63, 3.8) is 0 Å². The Morgan fingerprint density at radius 3 is 2.50 bits per heavy atom. The molecule has 0 atom stereocenters. The van der Waals surface area contributed by atoms with E-state index in [0.717, 1.165) is 5.56 Å². The monoisotopic (exact) mass is 348 g/mol. The van der Waals surface area contributed by atoms with Gasteiger partial charge in [-0.3, -0.25) is 9.52 Å². The van der Waals surface area contributed by atoms with Gasteiger partial charge in [-0.1, -0.05) is 23.8 Å². The zero-order valence-corrected chi connectivity index (χ0v) is 14.1. The van der Waals surface area contributed by atoms with Crippen LogP contribution in [0.5, 0.6) is 0 Å². The van der Waals surface area contributed by atoms with Crippen LogP contribution in [0.25, 0.3) is 0 Å². The second kappa shape index (κ2) is 7.94. The third kappa shape index (κ3) is 4.81. The number of hydrogen-bond donors (Lipinski definition) is 3. The Bertz CT molecular complexity index is 802. The van der Waals surface area contributed by atoms with Gasteiger partial charge in [0.05, 0.1) is 4.90 Å². The van der Waals surface area contributed by atoms with Gasteiger partial charge in [0.25, 0.3) is 15.9 Å². The standard InChI is InChI=1S/C17H20N2O4S/c1-13-6-8-15(9-7-13)19-24(22,23)16-5-2-4-14(12-16)17(21)18-10-3-11-20/h2,4-9,12,19-20H,3,10-11H2,1H3,(H,18,21). The van der Waals surface area contributed by atoms with E-state index in [9.17, 15) is 13.2 Å². The number of anilines is 1. The molecular formula is C17H20N2O4S. The Labute approximate surface area is 141 Å². The van der Waals surface area contributed by atoms with Crippen LogP contribution in [0, 0.1) is 6.92 Å². The van der Waals surface area contributed by atoms with E-state index in [4.69, 9.17) is 5.11 Å². The number of hydrogen-bond acceptors (Lipinski definition) is 4. The van der Waals surface area contributed by atoms with Crippen molar-refractivity contribution in [3.05, 3.63) is 59.7 Å². The third-order valence-corrected chi connectivity index (χ3v) is 4.71. The number of benzene rings is 2. The average molecular weight is 348 g/mol. The highest BCUT2D eigenvalue weighted by Gasteiger charge is 2.16. The van der Waals surface area contributed by atoms with Crippen molar-refractivity contribution in [2.45, 2.75) is 18.2 Å². The summed E-state index contributed by atoms with van der Waals surface area (Å²) in [5.74, 6) is -0.379. The molecule has 6 nitrogen and oxygen atoms in total. The highest BCUT2D eigenvalue weighted by molar-refractivity contribution is 7.92. The van der Waals surface area contributed by atoms with E-state index in [0.29, 0.717) is 18.7 Å². The van der Waals surface area contributed by atoms with E-state index < -0.39 is 10.0 Å². The van der Waals surface area contributed by atoms with Crippen LogP contribution >= 0.6 is 0 Å². The number of nitrogens with one attached hydrogen (secondary N) is 2. The molecule has 2 aromatic rings. The first-order valence-corrected chi connectivity index (χ1v) is 8.99. The average Bonchev–Trinajstić information content (AvgIpc) is 2.57. The maximum atomic E-state index is 12.4. The lowest BCUT2D eigenvalue weighted by Crippen LogP contribution is -2.25. The number of rotatable bonds is 7. The molecule has 0 saturated heterocycles. The van der Waals surface area contributed by atoms with Crippen LogP contribution in [0.3, 0.4) is 0 Å². The molecule has 7 heteroatoms. The largest absolute Gasteiger partial charge is 0.396 e. The fourth-order valence-corrected chi connectivity index (χ4v) is 3.13. The van der Waals surface area contributed by atoms with E-state index in [1.165, 1.54) is 18.2 Å². The highest BCUT2D eigenvalue weighted by Crippen LogP contribution is 2.17. The molecule has 2 aromatic carbocycles. The van der Waals surface area contributed by atoms with Gasteiger partial charge in [-0.15, -0.1) is 0 Å². The van der Waals surface area contributed by atoms with E-state index in [2.05, 4.69) is 10.0 Å². The number of carbonyl (C=O) groups is 1. The molecule has 0 aliphatic rings. The molecule has 0 saturated carbocycles. The van der Waals surface area contributed by atoms with E-state index in [-0.39, 0.29) is 23.0 Å². The summed E-state index contributed by atoms with van der Waals surface area (Å²) in [6.45, 7) is 2.22. The summed E-state index contributed by atoms with van der Waals surface area (Å²) in [5, 5.41) is 11.3. The van der Waals surface area contributed by atoms with Crippen LogP contribution < -0.4 is 10.0 Å². The van der Waals surface area contributed by atoms with E-state index in [1.807, 2.05) is 19.1 Å². The predicted molar refractivity (Wildman–Crippen MR) is 92.5 cm³/mol. The van der Waals surface area contributed by atoms with Gasteiger partial charge in [0.2, 0.25) is 0 Å². The van der Waals surface area contributed by atoms with Gasteiger partial charge in [0, 0.05) is 24.4 Å². The molecule has 0 heterocycles. The Morgan fingerprint density at radius 1 is 1.12 bits per heavy atom. The van der Waals surface area contributed by atoms with Gasteiger partial charge in [-0.05, 0) is 43.7 Å². The minimum Gasteiger partial charge on any atom is -0.396 e. The fourth-order valence-electron chi connectivity index (χ4n) is 2.02. The first kappa shape index (κ1) is 18.0. The quantitative estimate of drug-likeness (QED) is 0.666. The summed E-state index contributed by atoms with van der Waals surface area (Å²) in [7, 11) is -3.78. The Hall–Kier alpha value is -2.38. The van der Waals surface area contributed by atoms with Crippen LogP contribution in [0.1, 0.15) is 22.3 Å². The summed E-state index contributed by atoms with van der Waals surface area (Å²) in [5.41, 5.74) is 1.73. The summed E-state index contributed by atoms with van der Waals surface area (Å²) in [6, 6.07) is 12.8. The molecule has 0 fully saturated rings. The van der Waals surface area contributed by atoms with Crippen molar-refractivity contribution >= 4 is 21.6 Å². The molecule has 0 aromatic heterocycles. The minimum atomic E-state index is -3.78. The normalized spacial score (nSPS) is 11.1. The Morgan fingerprint density at radius 2 is 1.83 bits per heavy atom. The lowest BCUT2D eigenvalue weighted by molar-refractivity contribution is 0.0951. The maximum Gasteiger partial charge on any atom is 0.261 e. The molecular weight excluding hydrogens is 328 g/mol. The van der Waals surface area contributed by atoms with Crippen LogP contribution in [-0.2, 0) is 10.0 Å². The first-order valence-electron chi connectivity index (χ1n) is 7.51. The molecule has 128 valence electrons. The van der Waals surface area contributed by atoms with Crippen molar-refractivity contribution in [1.82, 2.24) is 5.32 Å². The number of aliphatic hydroxyl groups excluding tert-OH is 1. The van der Waals surface area contributed by atoms with Gasteiger partial charge in [-0.2, -0.15) is 0 Å². The molecule has 0 spiro atoms. The van der Waals surface area contributed by atoms with Crippen LogP contribution in [0.4, 0.5) is 5.69 Å². The van der Waals surface area contributed by atoms with Gasteiger partial charge in [-0.25, -0.2) is 8.42 Å². The summed E-state index contributed by atoms with van der Waals surface area (Å²) in [6.07, 6.45) is 0.443. The summed E-state index contributed by atoms with van der Waals surface area (Å²) >= 11 is 0. The number of amides is 1. The number of aryl methyl sites for hydroxylation is 1. The fraction of sp³-hybridized carbons (Fsp3) is 0.235. The van der Waals surface area contributed by atoms with Crippen molar-refractivity contribution < 1.29 is 18.3 Å². The van der Waals surface area contributed by atoms with Crippen molar-refractivity contribution in [2.75, 3.05) is 17.9 Å². The molecule has 0 radical (unpaired) electrons. The van der Waals surface area contributed by atoms with Crippen LogP contribution in [-0.4, -0.2) is 32.6 Å². The smallest absolute Gasteiger partial charge is 0.261 e. The SMILES string of the molecule is Cc1ccc(NS(=O)(=O)c2cccc(C(=O)NCCCO)c2)cc1. The van der Waals surface area contributed by atoms with Gasteiger partial charge < -0.3 is 10.4 Å². The molecule has 0 bridgehead atoms. The predicted octanol–water partition coefficient (Wildman–Crippen LogP) is 1.91. The van der Waals surface area contributed by atoms with Crippen LogP contribution in [0.15, 0.2) is 53.4 Å². The van der Waals surface area contributed by atoms with E-state index in [1.54, 1.807) is 18.2 Å². The molecule has 0 aliphatic heterocycles. The minimum absolute atomic E-state index is 0.0119. The molecule has 2 rings (SSSR count). The van der Waals surface area contributed by atoms with Crippen molar-refractivity contribution in [2.24, 2.45) is 0 Å². The lowest BCUT2D eigenvalue weighted by Gasteiger charge is -2.10. The summed E-state index contributed by atoms with van der Waals surface area (Å²) in [4.78, 5) is 12.0. The molecule has 3 N–H and O–H groups in total. The summed E-state index contributed by atoms with van der Waals surface area (Å²) < 4.78 is 27.4. The van der Waals surface area contributed by atoms with Gasteiger partial charge in [0.1, 0.15) is 0 Å². The maximum absolute atomic E-state index is 12.4. The molecule has 0 unspecified atom stereocenters.